The Kier molecular flexibility index (Phi) is 5.66. The van der Waals surface area contributed by atoms with Gasteiger partial charge >= 0.3 is 0 Å². The Bertz CT molecular complexity index is 751. The van der Waals surface area contributed by atoms with Crippen LogP contribution in [0, 0.1) is 22.0 Å². The summed E-state index contributed by atoms with van der Waals surface area (Å²) in [5.74, 6) is 4.64. The second kappa shape index (κ2) is 8.14. The van der Waals surface area contributed by atoms with Gasteiger partial charge in [0.1, 0.15) is 11.4 Å². The van der Waals surface area contributed by atoms with Gasteiger partial charge in [-0.1, -0.05) is 18.2 Å². The molecule has 7 heteroatoms. The van der Waals surface area contributed by atoms with Crippen molar-refractivity contribution < 1.29 is 9.72 Å². The number of carbonyl (C=O) groups is 1. The SMILES string of the molecule is O=C(C#Cc1ccccn1)NCCNc1ccccc1[N+](=O)[O-]. The summed E-state index contributed by atoms with van der Waals surface area (Å²) < 4.78 is 0. The second-order valence-corrected chi connectivity index (χ2v) is 4.42. The summed E-state index contributed by atoms with van der Waals surface area (Å²) in [6.07, 6.45) is 1.60. The molecule has 0 radical (unpaired) electrons. The van der Waals surface area contributed by atoms with Gasteiger partial charge in [-0.3, -0.25) is 14.9 Å². The van der Waals surface area contributed by atoms with Crippen LogP contribution in [0.3, 0.4) is 0 Å². The van der Waals surface area contributed by atoms with E-state index in [4.69, 9.17) is 0 Å². The lowest BCUT2D eigenvalue weighted by Crippen LogP contribution is -2.27. The first kappa shape index (κ1) is 16.0. The number of hydrogen-bond acceptors (Lipinski definition) is 5. The number of aromatic nitrogens is 1. The molecule has 1 heterocycles. The molecule has 1 aromatic carbocycles. The molecule has 0 unspecified atom stereocenters. The van der Waals surface area contributed by atoms with E-state index < -0.39 is 10.8 Å². The molecule has 0 atom stereocenters. The highest BCUT2D eigenvalue weighted by Gasteiger charge is 2.11. The number of nitrogens with zero attached hydrogens (tertiary/aromatic N) is 2. The van der Waals surface area contributed by atoms with E-state index in [0.717, 1.165) is 0 Å². The molecule has 1 amide bonds. The first-order chi connectivity index (χ1) is 11.2. The van der Waals surface area contributed by atoms with Gasteiger partial charge in [0.15, 0.2) is 0 Å². The van der Waals surface area contributed by atoms with Gasteiger partial charge in [-0.15, -0.1) is 0 Å². The van der Waals surface area contributed by atoms with Gasteiger partial charge in [0, 0.05) is 31.3 Å². The summed E-state index contributed by atoms with van der Waals surface area (Å²) in [4.78, 5) is 25.9. The molecule has 1 aromatic heterocycles. The van der Waals surface area contributed by atoms with Crippen LogP contribution >= 0.6 is 0 Å². The molecule has 2 N–H and O–H groups in total. The van der Waals surface area contributed by atoms with Crippen LogP contribution in [0.15, 0.2) is 48.7 Å². The van der Waals surface area contributed by atoms with E-state index in [1.807, 2.05) is 0 Å². The molecule has 23 heavy (non-hydrogen) atoms. The van der Waals surface area contributed by atoms with Crippen LogP contribution in [-0.2, 0) is 4.79 Å². The van der Waals surface area contributed by atoms with Crippen LogP contribution in [0.1, 0.15) is 5.69 Å². The van der Waals surface area contributed by atoms with Crippen LogP contribution in [0.2, 0.25) is 0 Å². The van der Waals surface area contributed by atoms with Crippen LogP contribution in [0.25, 0.3) is 0 Å². The topological polar surface area (TPSA) is 97.2 Å². The van der Waals surface area contributed by atoms with Crippen molar-refractivity contribution in [2.24, 2.45) is 0 Å². The molecule has 0 aliphatic heterocycles. The fourth-order valence-electron chi connectivity index (χ4n) is 1.76. The van der Waals surface area contributed by atoms with Crippen molar-refractivity contribution >= 4 is 17.3 Å². The van der Waals surface area contributed by atoms with Gasteiger partial charge in [-0.05, 0) is 24.1 Å². The van der Waals surface area contributed by atoms with E-state index in [2.05, 4.69) is 27.5 Å². The first-order valence-corrected chi connectivity index (χ1v) is 6.85. The second-order valence-electron chi connectivity index (χ2n) is 4.42. The van der Waals surface area contributed by atoms with Gasteiger partial charge in [-0.25, -0.2) is 4.98 Å². The summed E-state index contributed by atoms with van der Waals surface area (Å²) in [5, 5.41) is 16.4. The summed E-state index contributed by atoms with van der Waals surface area (Å²) in [5.41, 5.74) is 0.917. The average molecular weight is 310 g/mol. The van der Waals surface area contributed by atoms with E-state index in [9.17, 15) is 14.9 Å². The third-order valence-electron chi connectivity index (χ3n) is 2.80. The van der Waals surface area contributed by atoms with Crippen LogP contribution in [0.5, 0.6) is 0 Å². The van der Waals surface area contributed by atoms with E-state index in [0.29, 0.717) is 24.5 Å². The minimum absolute atomic E-state index is 0.00577. The zero-order valence-electron chi connectivity index (χ0n) is 12.2. The predicted octanol–water partition coefficient (Wildman–Crippen LogP) is 1.57. The third kappa shape index (κ3) is 5.13. The minimum atomic E-state index is -0.459. The van der Waals surface area contributed by atoms with Crippen molar-refractivity contribution in [1.29, 1.82) is 0 Å². The fraction of sp³-hybridized carbons (Fsp3) is 0.125. The molecule has 7 nitrogen and oxygen atoms in total. The molecule has 0 spiro atoms. The number of pyridine rings is 1. The molecular formula is C16H14N4O3. The number of nitro benzene ring substituents is 1. The van der Waals surface area contributed by atoms with Crippen LogP contribution in [-0.4, -0.2) is 28.9 Å². The van der Waals surface area contributed by atoms with E-state index in [-0.39, 0.29) is 5.69 Å². The predicted molar refractivity (Wildman–Crippen MR) is 85.7 cm³/mol. The maximum absolute atomic E-state index is 11.6. The van der Waals surface area contributed by atoms with Crippen molar-refractivity contribution in [1.82, 2.24) is 10.3 Å². The number of para-hydroxylation sites is 2. The first-order valence-electron chi connectivity index (χ1n) is 6.85. The van der Waals surface area contributed by atoms with Crippen molar-refractivity contribution in [2.75, 3.05) is 18.4 Å². The number of amides is 1. The van der Waals surface area contributed by atoms with Crippen LogP contribution < -0.4 is 10.6 Å². The third-order valence-corrected chi connectivity index (χ3v) is 2.80. The smallest absolute Gasteiger partial charge is 0.296 e. The van der Waals surface area contributed by atoms with Gasteiger partial charge in [0.2, 0.25) is 0 Å². The van der Waals surface area contributed by atoms with Crippen molar-refractivity contribution in [3.8, 4) is 11.8 Å². The molecule has 2 aromatic rings. The Labute approximate surface area is 132 Å². The lowest BCUT2D eigenvalue weighted by Gasteiger charge is -2.06. The molecule has 2 rings (SSSR count). The number of nitrogens with one attached hydrogen (secondary N) is 2. The quantitative estimate of drug-likeness (QED) is 0.378. The number of carbonyl (C=O) groups excluding carboxylic acids is 1. The molecule has 0 fully saturated rings. The van der Waals surface area contributed by atoms with Gasteiger partial charge in [0.05, 0.1) is 4.92 Å². The Balaban J connectivity index is 1.79. The largest absolute Gasteiger partial charge is 0.378 e. The highest BCUT2D eigenvalue weighted by molar-refractivity contribution is 5.93. The van der Waals surface area contributed by atoms with Crippen molar-refractivity contribution in [3.05, 3.63) is 64.5 Å². The Morgan fingerprint density at radius 3 is 2.70 bits per heavy atom. The number of benzene rings is 1. The lowest BCUT2D eigenvalue weighted by atomic mass is 10.2. The molecule has 0 bridgehead atoms. The molecule has 0 aliphatic rings. The lowest BCUT2D eigenvalue weighted by molar-refractivity contribution is -0.384. The maximum Gasteiger partial charge on any atom is 0.296 e. The van der Waals surface area contributed by atoms with Gasteiger partial charge in [-0.2, -0.15) is 0 Å². The monoisotopic (exact) mass is 310 g/mol. The molecular weight excluding hydrogens is 296 g/mol. The Hall–Kier alpha value is -3.40. The molecule has 116 valence electrons. The van der Waals surface area contributed by atoms with Crippen LogP contribution in [0.4, 0.5) is 11.4 Å². The Morgan fingerprint density at radius 2 is 1.96 bits per heavy atom. The zero-order valence-corrected chi connectivity index (χ0v) is 12.2. The summed E-state index contributed by atoms with van der Waals surface area (Å²) in [7, 11) is 0. The summed E-state index contributed by atoms with van der Waals surface area (Å²) in [6, 6.07) is 11.6. The molecule has 0 saturated heterocycles. The minimum Gasteiger partial charge on any atom is -0.378 e. The number of hydrogen-bond donors (Lipinski definition) is 2. The van der Waals surface area contributed by atoms with E-state index in [1.54, 1.807) is 42.6 Å². The van der Waals surface area contributed by atoms with Gasteiger partial charge < -0.3 is 10.6 Å². The summed E-state index contributed by atoms with van der Waals surface area (Å²) in [6.45, 7) is 0.643. The van der Waals surface area contributed by atoms with E-state index >= 15 is 0 Å². The highest BCUT2D eigenvalue weighted by Crippen LogP contribution is 2.22. The maximum atomic E-state index is 11.6. The number of anilines is 1. The zero-order chi connectivity index (χ0) is 16.5. The summed E-state index contributed by atoms with van der Waals surface area (Å²) >= 11 is 0. The molecule has 0 aliphatic carbocycles. The van der Waals surface area contributed by atoms with Crippen molar-refractivity contribution in [2.45, 2.75) is 0 Å². The number of rotatable bonds is 5. The Morgan fingerprint density at radius 1 is 1.17 bits per heavy atom. The molecule has 0 saturated carbocycles. The van der Waals surface area contributed by atoms with E-state index in [1.165, 1.54) is 6.07 Å². The number of nitro groups is 1. The van der Waals surface area contributed by atoms with Crippen molar-refractivity contribution in [3.63, 3.8) is 0 Å². The fourth-order valence-corrected chi connectivity index (χ4v) is 1.76. The standard InChI is InChI=1S/C16H14N4O3/c21-16(9-8-13-5-3-4-10-17-13)19-12-11-18-14-6-1-2-7-15(14)20(22)23/h1-7,10,18H,11-12H2,(H,19,21). The normalized spacial score (nSPS) is 9.39. The van der Waals surface area contributed by atoms with Gasteiger partial charge in [0.25, 0.3) is 11.6 Å². The average Bonchev–Trinajstić information content (AvgIpc) is 2.58. The highest BCUT2D eigenvalue weighted by atomic mass is 16.6.